The highest BCUT2D eigenvalue weighted by Gasteiger charge is 2.26. The van der Waals surface area contributed by atoms with E-state index in [0.29, 0.717) is 26.2 Å². The molecular weight excluding hydrogens is 248 g/mol. The Morgan fingerprint density at radius 3 is 2.41 bits per heavy atom. The van der Waals surface area contributed by atoms with Crippen molar-refractivity contribution in [1.82, 2.24) is 13.9 Å². The Morgan fingerprint density at radius 2 is 1.94 bits per heavy atom. The highest BCUT2D eigenvalue weighted by molar-refractivity contribution is 7.87. The fourth-order valence-electron chi connectivity index (χ4n) is 1.40. The molecule has 0 radical (unpaired) electrons. The Bertz CT molecular complexity index is 364. The van der Waals surface area contributed by atoms with E-state index in [-0.39, 0.29) is 6.54 Å². The van der Waals surface area contributed by atoms with Crippen molar-refractivity contribution in [1.29, 1.82) is 0 Å². The van der Waals surface area contributed by atoms with E-state index in [4.69, 9.17) is 10.8 Å². The molecule has 17 heavy (non-hydrogen) atoms. The van der Waals surface area contributed by atoms with Crippen LogP contribution in [0.15, 0.2) is 0 Å². The van der Waals surface area contributed by atoms with Crippen LogP contribution in [-0.4, -0.2) is 74.5 Å². The Labute approximate surface area is 101 Å². The van der Waals surface area contributed by atoms with Gasteiger partial charge in [-0.1, -0.05) is 0 Å². The zero-order chi connectivity index (χ0) is 13.1. The molecule has 0 spiro atoms. The largest absolute Gasteiger partial charge is 0.480 e. The van der Waals surface area contributed by atoms with Gasteiger partial charge in [0.2, 0.25) is 0 Å². The van der Waals surface area contributed by atoms with Crippen LogP contribution in [0.25, 0.3) is 0 Å². The number of aliphatic carboxylic acids is 1. The van der Waals surface area contributed by atoms with Crippen LogP contribution < -0.4 is 10.5 Å². The van der Waals surface area contributed by atoms with Crippen molar-refractivity contribution >= 4 is 16.2 Å². The van der Waals surface area contributed by atoms with Crippen LogP contribution in [-0.2, 0) is 15.0 Å². The van der Waals surface area contributed by atoms with E-state index in [2.05, 4.69) is 4.72 Å². The third kappa shape index (κ3) is 4.21. The van der Waals surface area contributed by atoms with Gasteiger partial charge in [0.05, 0.1) is 0 Å². The molecule has 1 saturated heterocycles. The lowest BCUT2D eigenvalue weighted by Crippen LogP contribution is -2.53. The number of nitrogens with zero attached hydrogens (tertiary/aromatic N) is 2. The van der Waals surface area contributed by atoms with Crippen molar-refractivity contribution in [2.24, 2.45) is 5.73 Å². The molecule has 0 amide bonds. The van der Waals surface area contributed by atoms with Crippen LogP contribution >= 0.6 is 0 Å². The van der Waals surface area contributed by atoms with Gasteiger partial charge in [0.25, 0.3) is 10.2 Å². The molecule has 9 heteroatoms. The SMILES string of the molecule is CN1CCN(S(=O)(=O)NCC(N)C(=O)O)CC1. The van der Waals surface area contributed by atoms with E-state index in [1.54, 1.807) is 0 Å². The molecule has 8 nitrogen and oxygen atoms in total. The third-order valence-electron chi connectivity index (χ3n) is 2.61. The fourth-order valence-corrected chi connectivity index (χ4v) is 2.62. The maximum atomic E-state index is 11.8. The Morgan fingerprint density at radius 1 is 1.41 bits per heavy atom. The van der Waals surface area contributed by atoms with Crippen molar-refractivity contribution in [3.63, 3.8) is 0 Å². The number of piperazine rings is 1. The Balaban J connectivity index is 2.48. The summed E-state index contributed by atoms with van der Waals surface area (Å²) < 4.78 is 27.0. The summed E-state index contributed by atoms with van der Waals surface area (Å²) in [6.45, 7) is 1.81. The molecule has 0 aromatic rings. The summed E-state index contributed by atoms with van der Waals surface area (Å²) in [5, 5.41) is 8.54. The van der Waals surface area contributed by atoms with E-state index >= 15 is 0 Å². The van der Waals surface area contributed by atoms with Gasteiger partial charge in [0.15, 0.2) is 0 Å². The van der Waals surface area contributed by atoms with E-state index in [9.17, 15) is 13.2 Å². The molecule has 1 unspecified atom stereocenters. The van der Waals surface area contributed by atoms with Gasteiger partial charge in [-0.3, -0.25) is 4.79 Å². The van der Waals surface area contributed by atoms with Gasteiger partial charge in [-0.15, -0.1) is 0 Å². The first-order valence-corrected chi connectivity index (χ1v) is 6.68. The normalized spacial score (nSPS) is 21.3. The summed E-state index contributed by atoms with van der Waals surface area (Å²) in [5.41, 5.74) is 5.22. The number of nitrogens with one attached hydrogen (secondary N) is 1. The minimum atomic E-state index is -3.62. The second-order valence-electron chi connectivity index (χ2n) is 4.00. The number of carboxylic acids is 1. The molecule has 1 aliphatic rings. The molecule has 1 rings (SSSR count). The zero-order valence-electron chi connectivity index (χ0n) is 9.66. The first-order valence-electron chi connectivity index (χ1n) is 5.24. The lowest BCUT2D eigenvalue weighted by Gasteiger charge is -2.31. The minimum Gasteiger partial charge on any atom is -0.480 e. The van der Waals surface area contributed by atoms with Crippen LogP contribution in [0, 0.1) is 0 Å². The summed E-state index contributed by atoms with van der Waals surface area (Å²) in [6, 6.07) is -1.22. The first kappa shape index (κ1) is 14.3. The van der Waals surface area contributed by atoms with Gasteiger partial charge in [-0.05, 0) is 7.05 Å². The molecular formula is C8H18N4O4S. The van der Waals surface area contributed by atoms with E-state index in [1.807, 2.05) is 11.9 Å². The predicted octanol–water partition coefficient (Wildman–Crippen LogP) is -2.52. The van der Waals surface area contributed by atoms with E-state index in [1.165, 1.54) is 4.31 Å². The summed E-state index contributed by atoms with van der Waals surface area (Å²) in [6.07, 6.45) is 0. The number of likely N-dealkylation sites (N-methyl/N-ethyl adjacent to an activating group) is 1. The quantitative estimate of drug-likeness (QED) is 0.506. The van der Waals surface area contributed by atoms with Crippen LogP contribution in [0.1, 0.15) is 0 Å². The third-order valence-corrected chi connectivity index (χ3v) is 4.18. The number of carbonyl (C=O) groups is 1. The standard InChI is InChI=1S/C8H18N4O4S/c1-11-2-4-12(5-3-11)17(15,16)10-6-7(9)8(13)14/h7,10H,2-6,9H2,1H3,(H,13,14). The fraction of sp³-hybridized carbons (Fsp3) is 0.875. The van der Waals surface area contributed by atoms with Crippen LogP contribution in [0.3, 0.4) is 0 Å². The Hall–Kier alpha value is -0.740. The maximum absolute atomic E-state index is 11.8. The maximum Gasteiger partial charge on any atom is 0.321 e. The Kier molecular flexibility index (Phi) is 4.83. The molecule has 0 aromatic carbocycles. The van der Waals surface area contributed by atoms with Crippen molar-refractivity contribution in [3.05, 3.63) is 0 Å². The smallest absolute Gasteiger partial charge is 0.321 e. The number of hydrogen-bond donors (Lipinski definition) is 3. The van der Waals surface area contributed by atoms with Crippen molar-refractivity contribution in [2.75, 3.05) is 39.8 Å². The monoisotopic (exact) mass is 266 g/mol. The molecule has 0 bridgehead atoms. The summed E-state index contributed by atoms with van der Waals surface area (Å²) >= 11 is 0. The van der Waals surface area contributed by atoms with Gasteiger partial charge in [-0.2, -0.15) is 17.4 Å². The van der Waals surface area contributed by atoms with Crippen LogP contribution in [0.5, 0.6) is 0 Å². The average molecular weight is 266 g/mol. The van der Waals surface area contributed by atoms with Crippen LogP contribution in [0.2, 0.25) is 0 Å². The number of hydrogen-bond acceptors (Lipinski definition) is 5. The molecule has 0 saturated carbocycles. The number of nitrogens with two attached hydrogens (primary N) is 1. The first-order chi connectivity index (χ1) is 7.83. The lowest BCUT2D eigenvalue weighted by molar-refractivity contribution is -0.138. The van der Waals surface area contributed by atoms with Gasteiger partial charge in [0, 0.05) is 32.7 Å². The summed E-state index contributed by atoms with van der Waals surface area (Å²) in [4.78, 5) is 12.5. The second kappa shape index (κ2) is 5.74. The van der Waals surface area contributed by atoms with Gasteiger partial charge < -0.3 is 15.7 Å². The molecule has 100 valence electrons. The molecule has 0 aliphatic carbocycles. The molecule has 0 aromatic heterocycles. The average Bonchev–Trinajstić information content (AvgIpc) is 2.26. The van der Waals surface area contributed by atoms with Gasteiger partial charge >= 0.3 is 5.97 Å². The highest BCUT2D eigenvalue weighted by atomic mass is 32.2. The van der Waals surface area contributed by atoms with Gasteiger partial charge in [0.1, 0.15) is 6.04 Å². The van der Waals surface area contributed by atoms with Crippen LogP contribution in [0.4, 0.5) is 0 Å². The molecule has 1 aliphatic heterocycles. The lowest BCUT2D eigenvalue weighted by atomic mass is 10.3. The molecule has 4 N–H and O–H groups in total. The van der Waals surface area contributed by atoms with E-state index < -0.39 is 22.2 Å². The second-order valence-corrected chi connectivity index (χ2v) is 5.76. The van der Waals surface area contributed by atoms with Crippen molar-refractivity contribution < 1.29 is 18.3 Å². The van der Waals surface area contributed by atoms with Crippen molar-refractivity contribution in [3.8, 4) is 0 Å². The van der Waals surface area contributed by atoms with Crippen molar-refractivity contribution in [2.45, 2.75) is 6.04 Å². The summed E-state index contributed by atoms with van der Waals surface area (Å²) in [7, 11) is -1.71. The highest BCUT2D eigenvalue weighted by Crippen LogP contribution is 2.03. The molecule has 1 fully saturated rings. The number of carboxylic acid groups (broad SMARTS) is 1. The summed E-state index contributed by atoms with van der Waals surface area (Å²) in [5.74, 6) is -1.23. The predicted molar refractivity (Wildman–Crippen MR) is 61.6 cm³/mol. The molecule has 1 atom stereocenters. The minimum absolute atomic E-state index is 0.302. The molecule has 1 heterocycles. The zero-order valence-corrected chi connectivity index (χ0v) is 10.5. The number of rotatable bonds is 5. The van der Waals surface area contributed by atoms with E-state index in [0.717, 1.165) is 0 Å². The van der Waals surface area contributed by atoms with Gasteiger partial charge in [-0.25, -0.2) is 0 Å². The topological polar surface area (TPSA) is 116 Å².